The van der Waals surface area contributed by atoms with Crippen molar-refractivity contribution in [2.24, 2.45) is 0 Å². The number of halogens is 1. The van der Waals surface area contributed by atoms with Crippen molar-refractivity contribution in [3.63, 3.8) is 0 Å². The van der Waals surface area contributed by atoms with Gasteiger partial charge in [-0.15, -0.1) is 0 Å². The predicted molar refractivity (Wildman–Crippen MR) is 118 cm³/mol. The van der Waals surface area contributed by atoms with Crippen molar-refractivity contribution in [3.05, 3.63) is 64.7 Å². The van der Waals surface area contributed by atoms with E-state index in [1.807, 2.05) is 4.90 Å². The summed E-state index contributed by atoms with van der Waals surface area (Å²) in [5, 5.41) is 0.566. The van der Waals surface area contributed by atoms with Crippen LogP contribution < -0.4 is 4.72 Å². The van der Waals surface area contributed by atoms with E-state index in [1.54, 1.807) is 48.5 Å². The molecule has 2 unspecified atom stereocenters. The molecule has 1 saturated heterocycles. The lowest BCUT2D eigenvalue weighted by atomic mass is 9.90. The van der Waals surface area contributed by atoms with Crippen LogP contribution in [0.2, 0.25) is 5.02 Å². The Morgan fingerprint density at radius 1 is 1.07 bits per heavy atom. The number of ketones is 2. The van der Waals surface area contributed by atoms with Gasteiger partial charge in [-0.05, 0) is 68.3 Å². The van der Waals surface area contributed by atoms with Crippen molar-refractivity contribution in [1.82, 2.24) is 4.90 Å². The maximum Gasteiger partial charge on any atom is 0.229 e. The van der Waals surface area contributed by atoms with E-state index in [0.29, 0.717) is 29.2 Å². The van der Waals surface area contributed by atoms with E-state index in [0.717, 1.165) is 24.7 Å². The summed E-state index contributed by atoms with van der Waals surface area (Å²) in [6.07, 6.45) is 3.59. The molecule has 0 amide bonds. The molecule has 2 atom stereocenters. The lowest BCUT2D eigenvalue weighted by Crippen LogP contribution is -2.48. The van der Waals surface area contributed by atoms with Crippen LogP contribution in [0.3, 0.4) is 0 Å². The average molecular weight is 449 g/mol. The van der Waals surface area contributed by atoms with E-state index >= 15 is 0 Å². The highest BCUT2D eigenvalue weighted by molar-refractivity contribution is 7.92. The summed E-state index contributed by atoms with van der Waals surface area (Å²) in [6, 6.07) is 12.6. The fourth-order valence-electron chi connectivity index (χ4n) is 3.96. The first kappa shape index (κ1) is 22.5. The van der Waals surface area contributed by atoms with Crippen molar-refractivity contribution < 1.29 is 18.0 Å². The Labute approximate surface area is 182 Å². The molecule has 0 spiro atoms. The van der Waals surface area contributed by atoms with Crippen molar-refractivity contribution in [1.29, 1.82) is 0 Å². The van der Waals surface area contributed by atoms with Crippen LogP contribution in [0.25, 0.3) is 0 Å². The normalized spacial score (nSPS) is 18.6. The van der Waals surface area contributed by atoms with E-state index in [4.69, 9.17) is 11.6 Å². The second-order valence-electron chi connectivity index (χ2n) is 7.63. The van der Waals surface area contributed by atoms with Gasteiger partial charge in [0, 0.05) is 16.3 Å². The first-order chi connectivity index (χ1) is 14.2. The third-order valence-electron chi connectivity index (χ3n) is 5.22. The SMILES string of the molecule is CC(=O)C(c1ccc(NS(C)(=O)=O)cc1)N1CCCCC1C(=O)c1ccc(Cl)cc1. The molecule has 1 fully saturated rings. The van der Waals surface area contributed by atoms with Crippen LogP contribution >= 0.6 is 11.6 Å². The molecule has 0 aromatic heterocycles. The molecule has 160 valence electrons. The molecule has 1 N–H and O–H groups in total. The zero-order chi connectivity index (χ0) is 21.9. The summed E-state index contributed by atoms with van der Waals surface area (Å²) < 4.78 is 25.3. The number of carbonyl (C=O) groups is 2. The smallest absolute Gasteiger partial charge is 0.229 e. The molecule has 1 aliphatic rings. The topological polar surface area (TPSA) is 83.6 Å². The molecule has 0 aliphatic carbocycles. The third-order valence-corrected chi connectivity index (χ3v) is 6.08. The fraction of sp³-hybridized carbons (Fsp3) is 0.364. The minimum Gasteiger partial charge on any atom is -0.298 e. The van der Waals surface area contributed by atoms with Gasteiger partial charge in [-0.1, -0.05) is 30.2 Å². The molecule has 8 heteroatoms. The van der Waals surface area contributed by atoms with Gasteiger partial charge >= 0.3 is 0 Å². The molecule has 3 rings (SSSR count). The molecule has 2 aromatic carbocycles. The largest absolute Gasteiger partial charge is 0.298 e. The van der Waals surface area contributed by atoms with Gasteiger partial charge in [-0.25, -0.2) is 8.42 Å². The van der Waals surface area contributed by atoms with Gasteiger partial charge in [0.05, 0.1) is 18.3 Å². The Balaban J connectivity index is 1.90. The van der Waals surface area contributed by atoms with Gasteiger partial charge in [0.15, 0.2) is 11.6 Å². The zero-order valence-electron chi connectivity index (χ0n) is 17.0. The standard InChI is InChI=1S/C22H25ClN2O4S/c1-15(26)21(16-8-12-19(13-9-16)24-30(2,28)29)25-14-4-3-5-20(25)22(27)17-6-10-18(23)11-7-17/h6-13,20-21,24H,3-5,14H2,1-2H3. The summed E-state index contributed by atoms with van der Waals surface area (Å²) in [4.78, 5) is 27.8. The van der Waals surface area contributed by atoms with Crippen molar-refractivity contribution in [2.75, 3.05) is 17.5 Å². The van der Waals surface area contributed by atoms with E-state index < -0.39 is 22.1 Å². The lowest BCUT2D eigenvalue weighted by molar-refractivity contribution is -0.123. The Hall–Kier alpha value is -2.22. The Kier molecular flexibility index (Phi) is 6.95. The number of nitrogens with one attached hydrogen (secondary N) is 1. The molecule has 30 heavy (non-hydrogen) atoms. The number of hydrogen-bond donors (Lipinski definition) is 1. The molecule has 0 radical (unpaired) electrons. The van der Waals surface area contributed by atoms with Crippen LogP contribution in [-0.2, 0) is 14.8 Å². The molecule has 0 bridgehead atoms. The molecular weight excluding hydrogens is 424 g/mol. The van der Waals surface area contributed by atoms with Crippen molar-refractivity contribution in [3.8, 4) is 0 Å². The summed E-state index contributed by atoms with van der Waals surface area (Å²) in [5.74, 6) is -0.0809. The first-order valence-electron chi connectivity index (χ1n) is 9.79. The minimum absolute atomic E-state index is 0.0204. The number of rotatable bonds is 7. The number of carbonyl (C=O) groups excluding carboxylic acids is 2. The number of anilines is 1. The van der Waals surface area contributed by atoms with Gasteiger partial charge in [0.1, 0.15) is 0 Å². The number of likely N-dealkylation sites (tertiary alicyclic amines) is 1. The Morgan fingerprint density at radius 3 is 2.27 bits per heavy atom. The van der Waals surface area contributed by atoms with Crippen LogP contribution in [0.4, 0.5) is 5.69 Å². The Bertz CT molecular complexity index is 1020. The second kappa shape index (κ2) is 9.29. The number of hydrogen-bond acceptors (Lipinski definition) is 5. The van der Waals surface area contributed by atoms with Gasteiger partial charge < -0.3 is 0 Å². The van der Waals surface area contributed by atoms with Crippen LogP contribution in [0, 0.1) is 0 Å². The van der Waals surface area contributed by atoms with Gasteiger partial charge in [-0.2, -0.15) is 0 Å². The van der Waals surface area contributed by atoms with Gasteiger partial charge in [0.2, 0.25) is 10.0 Å². The van der Waals surface area contributed by atoms with Crippen molar-refractivity contribution in [2.45, 2.75) is 38.3 Å². The molecule has 1 aliphatic heterocycles. The molecule has 2 aromatic rings. The molecule has 1 heterocycles. The maximum atomic E-state index is 13.2. The van der Waals surface area contributed by atoms with Crippen molar-refractivity contribution >= 4 is 38.9 Å². The number of nitrogens with zero attached hydrogens (tertiary/aromatic N) is 1. The highest BCUT2D eigenvalue weighted by Gasteiger charge is 2.36. The van der Waals surface area contributed by atoms with Crippen LogP contribution in [0.5, 0.6) is 0 Å². The summed E-state index contributed by atoms with van der Waals surface area (Å²) >= 11 is 5.95. The predicted octanol–water partition coefficient (Wildman–Crippen LogP) is 4.08. The summed E-state index contributed by atoms with van der Waals surface area (Å²) in [5.41, 5.74) is 1.74. The first-order valence-corrected chi connectivity index (χ1v) is 12.1. The van der Waals surface area contributed by atoms with Crippen LogP contribution in [0.15, 0.2) is 48.5 Å². The number of piperidine rings is 1. The van der Waals surface area contributed by atoms with Crippen LogP contribution in [0.1, 0.15) is 48.1 Å². The second-order valence-corrected chi connectivity index (χ2v) is 9.81. The van der Waals surface area contributed by atoms with Gasteiger partial charge in [-0.3, -0.25) is 19.2 Å². The maximum absolute atomic E-state index is 13.2. The Morgan fingerprint density at radius 2 is 1.70 bits per heavy atom. The minimum atomic E-state index is -3.38. The highest BCUT2D eigenvalue weighted by atomic mass is 35.5. The molecule has 0 saturated carbocycles. The average Bonchev–Trinajstić information content (AvgIpc) is 2.68. The van der Waals surface area contributed by atoms with E-state index in [2.05, 4.69) is 4.72 Å². The van der Waals surface area contributed by atoms with Crippen LogP contribution in [-0.4, -0.2) is 43.7 Å². The zero-order valence-corrected chi connectivity index (χ0v) is 18.5. The number of sulfonamides is 1. The van der Waals surface area contributed by atoms with E-state index in [1.165, 1.54) is 6.92 Å². The number of Topliss-reactive ketones (excluding diaryl/α,β-unsaturated/α-hetero) is 2. The monoisotopic (exact) mass is 448 g/mol. The van der Waals surface area contributed by atoms with Gasteiger partial charge in [0.25, 0.3) is 0 Å². The fourth-order valence-corrected chi connectivity index (χ4v) is 4.65. The quantitative estimate of drug-likeness (QED) is 0.645. The number of benzene rings is 2. The molecule has 6 nitrogen and oxygen atoms in total. The third kappa shape index (κ3) is 5.47. The lowest BCUT2D eigenvalue weighted by Gasteiger charge is -2.39. The molecular formula is C22H25ClN2O4S. The highest BCUT2D eigenvalue weighted by Crippen LogP contribution is 2.32. The summed E-state index contributed by atoms with van der Waals surface area (Å²) in [6.45, 7) is 2.16. The van der Waals surface area contributed by atoms with E-state index in [9.17, 15) is 18.0 Å². The van der Waals surface area contributed by atoms with E-state index in [-0.39, 0.29) is 11.6 Å². The summed E-state index contributed by atoms with van der Waals surface area (Å²) in [7, 11) is -3.38.